The number of anilines is 1. The zero-order valence-corrected chi connectivity index (χ0v) is 19.8. The monoisotopic (exact) mass is 485 g/mol. The number of nitrogens with zero attached hydrogens (tertiary/aromatic N) is 4. The van der Waals surface area contributed by atoms with Crippen molar-refractivity contribution in [2.75, 3.05) is 25.0 Å². The van der Waals surface area contributed by atoms with Crippen LogP contribution in [0.3, 0.4) is 0 Å². The first-order valence-corrected chi connectivity index (χ1v) is 12.7. The van der Waals surface area contributed by atoms with Crippen LogP contribution in [0.2, 0.25) is 0 Å². The number of aromatic nitrogens is 3. The van der Waals surface area contributed by atoms with E-state index in [0.717, 1.165) is 19.3 Å². The van der Waals surface area contributed by atoms with Gasteiger partial charge in [-0.05, 0) is 62.2 Å². The van der Waals surface area contributed by atoms with E-state index in [1.54, 1.807) is 48.0 Å². The Balaban J connectivity index is 1.38. The summed E-state index contributed by atoms with van der Waals surface area (Å²) < 4.78 is 33.9. The molecule has 3 aromatic rings. The average Bonchev–Trinajstić information content (AvgIpc) is 3.26. The fraction of sp³-hybridized carbons (Fsp3) is 0.391. The molecule has 1 fully saturated rings. The molecule has 0 atom stereocenters. The molecular weight excluding hydrogens is 458 g/mol. The number of fused-ring (bicyclic) bond motifs is 1. The summed E-state index contributed by atoms with van der Waals surface area (Å²) in [5, 5.41) is 11.0. The van der Waals surface area contributed by atoms with Gasteiger partial charge in [-0.3, -0.25) is 4.79 Å². The molecule has 0 radical (unpaired) electrons. The Labute approximate surface area is 197 Å². The van der Waals surface area contributed by atoms with Crippen molar-refractivity contribution in [2.45, 2.75) is 44.0 Å². The zero-order valence-electron chi connectivity index (χ0n) is 18.9. The predicted molar refractivity (Wildman–Crippen MR) is 126 cm³/mol. The fourth-order valence-electron chi connectivity index (χ4n) is 3.87. The number of aryl methyl sites for hydroxylation is 1. The van der Waals surface area contributed by atoms with Gasteiger partial charge in [0.1, 0.15) is 5.52 Å². The van der Waals surface area contributed by atoms with Crippen LogP contribution in [0, 0.1) is 0 Å². The second-order valence-electron chi connectivity index (χ2n) is 8.02. The lowest BCUT2D eigenvalue weighted by molar-refractivity contribution is -0.116. The number of piperidine rings is 1. The van der Waals surface area contributed by atoms with Gasteiger partial charge >= 0.3 is 5.97 Å². The highest BCUT2D eigenvalue weighted by Crippen LogP contribution is 2.23. The highest BCUT2D eigenvalue weighted by molar-refractivity contribution is 7.89. The number of carbonyl (C=O) groups is 2. The third-order valence-electron chi connectivity index (χ3n) is 5.67. The Morgan fingerprint density at radius 1 is 1.06 bits per heavy atom. The summed E-state index contributed by atoms with van der Waals surface area (Å²) in [6, 6.07) is 11.2. The Morgan fingerprint density at radius 3 is 2.50 bits per heavy atom. The van der Waals surface area contributed by atoms with Gasteiger partial charge in [0.25, 0.3) is 0 Å². The molecule has 0 aliphatic carbocycles. The van der Waals surface area contributed by atoms with Crippen molar-refractivity contribution in [3.05, 3.63) is 48.0 Å². The molecule has 0 unspecified atom stereocenters. The molecule has 1 aliphatic heterocycles. The maximum atomic E-state index is 12.9. The van der Waals surface area contributed by atoms with Gasteiger partial charge in [-0.1, -0.05) is 11.6 Å². The minimum absolute atomic E-state index is 0.145. The van der Waals surface area contributed by atoms with Gasteiger partial charge in [-0.25, -0.2) is 17.9 Å². The van der Waals surface area contributed by atoms with Crippen molar-refractivity contribution in [1.29, 1.82) is 0 Å². The highest BCUT2D eigenvalue weighted by Gasteiger charge is 2.26. The number of sulfonamides is 1. The van der Waals surface area contributed by atoms with Crippen LogP contribution in [-0.2, 0) is 26.1 Å². The second kappa shape index (κ2) is 10.3. The van der Waals surface area contributed by atoms with Crippen molar-refractivity contribution < 1.29 is 22.7 Å². The third kappa shape index (κ3) is 5.26. The van der Waals surface area contributed by atoms with E-state index in [-0.39, 0.29) is 23.8 Å². The van der Waals surface area contributed by atoms with Crippen molar-refractivity contribution in [1.82, 2.24) is 19.3 Å². The maximum Gasteiger partial charge on any atom is 0.338 e. The SMILES string of the molecule is CCOC(=O)c1ccc(NC(=O)CCn2nnc3cc(S(=O)(=O)N4CCCCC4)ccc32)cc1. The number of ether oxygens (including phenoxy) is 1. The summed E-state index contributed by atoms with van der Waals surface area (Å²) in [7, 11) is -3.55. The number of benzene rings is 2. The van der Waals surface area contributed by atoms with Gasteiger partial charge in [0.15, 0.2) is 0 Å². The minimum atomic E-state index is -3.55. The average molecular weight is 486 g/mol. The minimum Gasteiger partial charge on any atom is -0.462 e. The molecule has 4 rings (SSSR count). The van der Waals surface area contributed by atoms with Crippen molar-refractivity contribution in [3.8, 4) is 0 Å². The fourth-order valence-corrected chi connectivity index (χ4v) is 5.40. The molecule has 1 aliphatic rings. The van der Waals surface area contributed by atoms with Crippen LogP contribution in [0.15, 0.2) is 47.4 Å². The topological polar surface area (TPSA) is 123 Å². The van der Waals surface area contributed by atoms with Crippen LogP contribution >= 0.6 is 0 Å². The predicted octanol–water partition coefficient (Wildman–Crippen LogP) is 2.81. The van der Waals surface area contributed by atoms with Crippen LogP contribution in [-0.4, -0.2) is 59.3 Å². The normalized spacial score (nSPS) is 14.7. The first-order valence-electron chi connectivity index (χ1n) is 11.3. The number of nitrogens with one attached hydrogen (secondary N) is 1. The first-order chi connectivity index (χ1) is 16.4. The summed E-state index contributed by atoms with van der Waals surface area (Å²) in [6.45, 7) is 3.38. The highest BCUT2D eigenvalue weighted by atomic mass is 32.2. The standard InChI is InChI=1S/C23H27N5O5S/c1-2-33-23(30)17-6-8-18(9-7-17)24-22(29)12-15-28-21-11-10-19(16-20(21)25-26-28)34(31,32)27-13-4-3-5-14-27/h6-11,16H,2-5,12-15H2,1H3,(H,24,29). The Bertz CT molecular complexity index is 1280. The lowest BCUT2D eigenvalue weighted by Gasteiger charge is -2.25. The van der Waals surface area contributed by atoms with Crippen LogP contribution < -0.4 is 5.32 Å². The quantitative estimate of drug-likeness (QED) is 0.487. The van der Waals surface area contributed by atoms with E-state index in [2.05, 4.69) is 15.6 Å². The summed E-state index contributed by atoms with van der Waals surface area (Å²) in [4.78, 5) is 24.3. The molecule has 2 aromatic carbocycles. The van der Waals surface area contributed by atoms with E-state index in [4.69, 9.17) is 4.74 Å². The molecule has 0 bridgehead atoms. The molecule has 1 aromatic heterocycles. The number of hydrogen-bond acceptors (Lipinski definition) is 7. The Hall–Kier alpha value is -3.31. The van der Waals surface area contributed by atoms with Crippen molar-refractivity contribution in [3.63, 3.8) is 0 Å². The van der Waals surface area contributed by atoms with E-state index in [0.29, 0.717) is 42.0 Å². The summed E-state index contributed by atoms with van der Waals surface area (Å²) in [5.74, 6) is -0.637. The molecule has 0 spiro atoms. The van der Waals surface area contributed by atoms with Crippen molar-refractivity contribution >= 4 is 38.6 Å². The van der Waals surface area contributed by atoms with Crippen LogP contribution in [0.1, 0.15) is 43.0 Å². The number of hydrogen-bond donors (Lipinski definition) is 1. The Morgan fingerprint density at radius 2 is 1.79 bits per heavy atom. The van der Waals surface area contributed by atoms with E-state index in [1.807, 2.05) is 0 Å². The van der Waals surface area contributed by atoms with Gasteiger partial charge in [-0.2, -0.15) is 4.31 Å². The van der Waals surface area contributed by atoms with Crippen LogP contribution in [0.5, 0.6) is 0 Å². The van der Waals surface area contributed by atoms with E-state index < -0.39 is 16.0 Å². The molecule has 11 heteroatoms. The van der Waals surface area contributed by atoms with Crippen LogP contribution in [0.25, 0.3) is 11.0 Å². The maximum absolute atomic E-state index is 12.9. The van der Waals surface area contributed by atoms with Gasteiger partial charge in [0.05, 0.1) is 29.1 Å². The molecule has 180 valence electrons. The smallest absolute Gasteiger partial charge is 0.338 e. The molecule has 1 amide bonds. The summed E-state index contributed by atoms with van der Waals surface area (Å²) >= 11 is 0. The largest absolute Gasteiger partial charge is 0.462 e. The first kappa shape index (κ1) is 23.8. The molecule has 34 heavy (non-hydrogen) atoms. The zero-order chi connectivity index (χ0) is 24.1. The lowest BCUT2D eigenvalue weighted by atomic mass is 10.2. The van der Waals surface area contributed by atoms with Gasteiger partial charge in [0.2, 0.25) is 15.9 Å². The van der Waals surface area contributed by atoms with Crippen LogP contribution in [0.4, 0.5) is 5.69 Å². The molecular formula is C23H27N5O5S. The summed E-state index contributed by atoms with van der Waals surface area (Å²) in [5.41, 5.74) is 2.10. The van der Waals surface area contributed by atoms with E-state index >= 15 is 0 Å². The van der Waals surface area contributed by atoms with Gasteiger partial charge in [0, 0.05) is 25.2 Å². The third-order valence-corrected chi connectivity index (χ3v) is 7.56. The summed E-state index contributed by atoms with van der Waals surface area (Å²) in [6.07, 6.45) is 2.93. The van der Waals surface area contributed by atoms with Crippen molar-refractivity contribution in [2.24, 2.45) is 0 Å². The number of amides is 1. The lowest BCUT2D eigenvalue weighted by Crippen LogP contribution is -2.35. The number of carbonyl (C=O) groups excluding carboxylic acids is 2. The number of esters is 1. The number of rotatable bonds is 8. The molecule has 10 nitrogen and oxygen atoms in total. The Kier molecular flexibility index (Phi) is 7.23. The second-order valence-corrected chi connectivity index (χ2v) is 9.96. The molecule has 0 saturated carbocycles. The molecule has 2 heterocycles. The van der Waals surface area contributed by atoms with E-state index in [1.165, 1.54) is 10.4 Å². The molecule has 1 saturated heterocycles. The van der Waals surface area contributed by atoms with Gasteiger partial charge < -0.3 is 10.1 Å². The van der Waals surface area contributed by atoms with Gasteiger partial charge in [-0.15, -0.1) is 5.10 Å². The molecule has 1 N–H and O–H groups in total. The van der Waals surface area contributed by atoms with E-state index in [9.17, 15) is 18.0 Å².